The van der Waals surface area contributed by atoms with Crippen LogP contribution in [0.2, 0.25) is 0 Å². The molecule has 4 heteroatoms. The zero-order chi connectivity index (χ0) is 11.3. The average molecular weight is 190 g/mol. The molecule has 13 heavy (non-hydrogen) atoms. The number of rotatable bonds is 0. The summed E-state index contributed by atoms with van der Waals surface area (Å²) < 4.78 is 0. The number of quaternary nitrogens is 1. The van der Waals surface area contributed by atoms with E-state index in [0.717, 1.165) is 0 Å². The number of carbonyl (C=O) groups excluding carboxylic acids is 1. The monoisotopic (exact) mass is 190 g/mol. The van der Waals surface area contributed by atoms with Crippen molar-refractivity contribution in [2.75, 3.05) is 0 Å². The fourth-order valence-corrected chi connectivity index (χ4v) is 0.306. The van der Waals surface area contributed by atoms with Gasteiger partial charge >= 0.3 is 0 Å². The minimum Gasteiger partial charge on any atom is -0.530 e. The lowest BCUT2D eigenvalue weighted by Crippen LogP contribution is -2.67. The zero-order valence-corrected chi connectivity index (χ0v) is 9.52. The molecule has 0 heterocycles. The molecule has 4 nitrogen and oxygen atoms in total. The summed E-state index contributed by atoms with van der Waals surface area (Å²) in [6, 6.07) is 0. The van der Waals surface area contributed by atoms with Crippen LogP contribution in [-0.4, -0.2) is 17.2 Å². The Hall–Kier alpha value is -0.770. The molecule has 0 atom stereocenters. The molecule has 0 spiro atoms. The number of nitrogens with one attached hydrogen (secondary N) is 1. The van der Waals surface area contributed by atoms with Gasteiger partial charge in [-0.05, 0) is 41.5 Å². The van der Waals surface area contributed by atoms with Crippen LogP contribution in [0.15, 0.2) is 0 Å². The molecule has 0 saturated heterocycles. The van der Waals surface area contributed by atoms with Crippen LogP contribution < -0.4 is 16.2 Å². The highest BCUT2D eigenvalue weighted by atomic mass is 16.4. The van der Waals surface area contributed by atoms with Crippen LogP contribution in [0, 0.1) is 0 Å². The lowest BCUT2D eigenvalue weighted by atomic mass is 10.1. The summed E-state index contributed by atoms with van der Waals surface area (Å²) in [5.41, 5.74) is 3.63. The number of carbonyl (C=O) groups is 1. The molecule has 0 radical (unpaired) electrons. The second-order valence-electron chi connectivity index (χ2n) is 5.22. The van der Waals surface area contributed by atoms with E-state index in [9.17, 15) is 9.90 Å². The lowest BCUT2D eigenvalue weighted by molar-refractivity contribution is -0.458. The van der Waals surface area contributed by atoms with Gasteiger partial charge in [0.15, 0.2) is 0 Å². The quantitative estimate of drug-likeness (QED) is 0.552. The highest BCUT2D eigenvalue weighted by molar-refractivity contribution is 5.62. The van der Waals surface area contributed by atoms with Crippen LogP contribution in [0.25, 0.3) is 0 Å². The van der Waals surface area contributed by atoms with Crippen molar-refractivity contribution in [3.05, 3.63) is 0 Å². The molecule has 0 aromatic heterocycles. The van der Waals surface area contributed by atoms with Crippen molar-refractivity contribution in [2.24, 2.45) is 0 Å². The molecule has 0 aromatic rings. The van der Waals surface area contributed by atoms with Gasteiger partial charge in [0.2, 0.25) is 0 Å². The first-order valence-electron chi connectivity index (χ1n) is 4.26. The Bertz CT molecular complexity index is 148. The van der Waals surface area contributed by atoms with Crippen LogP contribution >= 0.6 is 0 Å². The van der Waals surface area contributed by atoms with Gasteiger partial charge in [-0.15, -0.1) is 0 Å². The first-order chi connectivity index (χ1) is 5.42. The fraction of sp³-hybridized carbons (Fsp3) is 0.889. The zero-order valence-electron chi connectivity index (χ0n) is 9.52. The van der Waals surface area contributed by atoms with E-state index in [-0.39, 0.29) is 5.54 Å². The maximum atomic E-state index is 9.79. The van der Waals surface area contributed by atoms with Gasteiger partial charge in [0.1, 0.15) is 6.09 Å². The van der Waals surface area contributed by atoms with Crippen molar-refractivity contribution in [2.45, 2.75) is 52.6 Å². The molecule has 0 aliphatic carbocycles. The van der Waals surface area contributed by atoms with E-state index in [1.807, 2.05) is 0 Å². The van der Waals surface area contributed by atoms with Crippen LogP contribution in [0.3, 0.4) is 0 Å². The SMILES string of the molecule is CC(C)(C)NC(=O)[O-].CC(C)(C)[NH3+]. The maximum absolute atomic E-state index is 9.79. The van der Waals surface area contributed by atoms with Crippen LogP contribution in [0.5, 0.6) is 0 Å². The standard InChI is InChI=1S/C5H11NO2.C4H11N/c1-5(2,3)6-4(7)8;1-4(2,3)5/h6H,1-3H3,(H,7,8);5H2,1-3H3. The van der Waals surface area contributed by atoms with Gasteiger partial charge in [-0.1, -0.05) is 0 Å². The molecule has 0 aliphatic heterocycles. The topological polar surface area (TPSA) is 79.8 Å². The molecule has 80 valence electrons. The first kappa shape index (κ1) is 14.7. The molecule has 4 N–H and O–H groups in total. The highest BCUT2D eigenvalue weighted by Crippen LogP contribution is 1.95. The summed E-state index contributed by atoms with van der Waals surface area (Å²) in [5, 5.41) is 12.0. The third-order valence-electron chi connectivity index (χ3n) is 0.477. The minimum atomic E-state index is -1.22. The smallest absolute Gasteiger partial charge is 0.134 e. The van der Waals surface area contributed by atoms with Gasteiger partial charge in [-0.2, -0.15) is 0 Å². The number of hydrogen-bond donors (Lipinski definition) is 2. The molecule has 0 fully saturated rings. The largest absolute Gasteiger partial charge is 0.530 e. The van der Waals surface area contributed by atoms with Gasteiger partial charge in [0.05, 0.1) is 5.54 Å². The number of carboxylic acid groups (broad SMARTS) is 1. The Balaban J connectivity index is 0. The summed E-state index contributed by atoms with van der Waals surface area (Å²) in [7, 11) is 0. The van der Waals surface area contributed by atoms with Crippen LogP contribution in [0.1, 0.15) is 41.5 Å². The number of amides is 1. The minimum absolute atomic E-state index is 0.250. The second kappa shape index (κ2) is 5.07. The molecule has 0 bridgehead atoms. The summed E-state index contributed by atoms with van der Waals surface area (Å²) in [5.74, 6) is 0. The third-order valence-corrected chi connectivity index (χ3v) is 0.477. The van der Waals surface area contributed by atoms with Crippen molar-refractivity contribution < 1.29 is 15.6 Å². The Kier molecular flexibility index (Phi) is 5.74. The molecule has 0 aliphatic rings. The molecule has 0 rings (SSSR count). The summed E-state index contributed by atoms with van der Waals surface area (Å²) in [4.78, 5) is 9.79. The van der Waals surface area contributed by atoms with Gasteiger partial charge in [0.25, 0.3) is 0 Å². The molecular weight excluding hydrogens is 168 g/mol. The maximum Gasteiger partial charge on any atom is 0.134 e. The van der Waals surface area contributed by atoms with Gasteiger partial charge in [-0.3, -0.25) is 0 Å². The molecule has 1 amide bonds. The lowest BCUT2D eigenvalue weighted by Gasteiger charge is -2.21. The molecular formula is C9H22N2O2. The Labute approximate surface area is 80.5 Å². The van der Waals surface area contributed by atoms with Crippen LogP contribution in [-0.2, 0) is 0 Å². The van der Waals surface area contributed by atoms with E-state index < -0.39 is 11.6 Å². The van der Waals surface area contributed by atoms with Gasteiger partial charge in [0, 0.05) is 5.54 Å². The fourth-order valence-electron chi connectivity index (χ4n) is 0.306. The summed E-state index contributed by atoms with van der Waals surface area (Å²) in [6.07, 6.45) is -1.22. The van der Waals surface area contributed by atoms with Crippen molar-refractivity contribution in [3.8, 4) is 0 Å². The Morgan fingerprint density at radius 3 is 1.38 bits per heavy atom. The first-order valence-corrected chi connectivity index (χ1v) is 4.26. The average Bonchev–Trinajstić information content (AvgIpc) is 1.47. The Morgan fingerprint density at radius 2 is 1.38 bits per heavy atom. The van der Waals surface area contributed by atoms with Crippen molar-refractivity contribution in [3.63, 3.8) is 0 Å². The van der Waals surface area contributed by atoms with E-state index in [4.69, 9.17) is 0 Å². The Morgan fingerprint density at radius 1 is 1.15 bits per heavy atom. The highest BCUT2D eigenvalue weighted by Gasteiger charge is 2.06. The predicted octanol–water partition coefficient (Wildman–Crippen LogP) is -0.255. The third kappa shape index (κ3) is 53.5. The van der Waals surface area contributed by atoms with E-state index in [0.29, 0.717) is 0 Å². The normalized spacial score (nSPS) is 11.3. The van der Waals surface area contributed by atoms with E-state index in [1.54, 1.807) is 20.8 Å². The van der Waals surface area contributed by atoms with E-state index >= 15 is 0 Å². The van der Waals surface area contributed by atoms with E-state index in [1.165, 1.54) is 0 Å². The van der Waals surface area contributed by atoms with Crippen molar-refractivity contribution in [1.82, 2.24) is 5.32 Å². The van der Waals surface area contributed by atoms with E-state index in [2.05, 4.69) is 31.8 Å². The van der Waals surface area contributed by atoms with Gasteiger partial charge < -0.3 is 21.0 Å². The summed E-state index contributed by atoms with van der Waals surface area (Å²) >= 11 is 0. The van der Waals surface area contributed by atoms with Crippen molar-refractivity contribution >= 4 is 6.09 Å². The molecule has 0 unspecified atom stereocenters. The summed E-state index contributed by atoms with van der Waals surface area (Å²) in [6.45, 7) is 11.5. The molecule has 0 aromatic carbocycles. The van der Waals surface area contributed by atoms with Crippen LogP contribution in [0.4, 0.5) is 4.79 Å². The molecule has 0 saturated carbocycles. The predicted molar refractivity (Wildman–Crippen MR) is 50.9 cm³/mol. The number of hydrogen-bond acceptors (Lipinski definition) is 2. The second-order valence-corrected chi connectivity index (χ2v) is 5.22. The van der Waals surface area contributed by atoms with Gasteiger partial charge in [-0.25, -0.2) is 0 Å². The van der Waals surface area contributed by atoms with Crippen molar-refractivity contribution in [1.29, 1.82) is 0 Å².